The van der Waals surface area contributed by atoms with Gasteiger partial charge >= 0.3 is 0 Å². The van der Waals surface area contributed by atoms with Crippen molar-refractivity contribution in [1.82, 2.24) is 9.78 Å². The molecule has 0 radical (unpaired) electrons. The molecule has 28 heavy (non-hydrogen) atoms. The Morgan fingerprint density at radius 2 is 2.00 bits per heavy atom. The Bertz CT molecular complexity index is 1060. The Morgan fingerprint density at radius 1 is 1.21 bits per heavy atom. The molecule has 4 rings (SSSR count). The van der Waals surface area contributed by atoms with E-state index in [9.17, 15) is 9.59 Å². The molecule has 0 atom stereocenters. The topological polar surface area (TPSA) is 94.5 Å². The Balaban J connectivity index is 1.53. The van der Waals surface area contributed by atoms with Crippen LogP contribution >= 0.6 is 0 Å². The Kier molecular flexibility index (Phi) is 4.44. The largest absolute Gasteiger partial charge is 0.497 e. The molecule has 0 saturated carbocycles. The van der Waals surface area contributed by atoms with Gasteiger partial charge in [0.25, 0.3) is 11.8 Å². The number of fused-ring (bicyclic) bond motifs is 1. The molecule has 0 spiro atoms. The van der Waals surface area contributed by atoms with Crippen LogP contribution in [0.1, 0.15) is 10.5 Å². The average molecular weight is 378 g/mol. The maximum Gasteiger partial charge on any atom is 0.276 e. The van der Waals surface area contributed by atoms with Crippen LogP contribution in [0.25, 0.3) is 11.3 Å². The van der Waals surface area contributed by atoms with Gasteiger partial charge in [-0.1, -0.05) is 0 Å². The van der Waals surface area contributed by atoms with Gasteiger partial charge in [0.1, 0.15) is 11.5 Å². The van der Waals surface area contributed by atoms with Crippen LogP contribution in [0.2, 0.25) is 0 Å². The van der Waals surface area contributed by atoms with Gasteiger partial charge in [-0.15, -0.1) is 0 Å². The molecule has 0 aliphatic carbocycles. The van der Waals surface area contributed by atoms with Crippen LogP contribution in [-0.2, 0) is 11.8 Å². The molecule has 2 N–H and O–H groups in total. The summed E-state index contributed by atoms with van der Waals surface area (Å²) >= 11 is 0. The second-order valence-electron chi connectivity index (χ2n) is 6.27. The summed E-state index contributed by atoms with van der Waals surface area (Å²) in [6.07, 6.45) is 0. The lowest BCUT2D eigenvalue weighted by Crippen LogP contribution is -2.25. The SMILES string of the molecule is COc1ccc(-c2cc(C(=O)Nc3ccc4c(c3)OCC(=O)N4)nn2C)cc1. The molecular formula is C20H18N4O4. The molecule has 1 aliphatic heterocycles. The number of anilines is 2. The number of amides is 2. The number of nitrogens with zero attached hydrogens (tertiary/aromatic N) is 2. The number of aryl methyl sites for hydroxylation is 1. The fourth-order valence-corrected chi connectivity index (χ4v) is 2.96. The number of benzene rings is 2. The fraction of sp³-hybridized carbons (Fsp3) is 0.150. The third-order valence-electron chi connectivity index (χ3n) is 4.37. The van der Waals surface area contributed by atoms with Crippen LogP contribution < -0.4 is 20.1 Å². The lowest BCUT2D eigenvalue weighted by atomic mass is 10.1. The fourth-order valence-electron chi connectivity index (χ4n) is 2.96. The van der Waals surface area contributed by atoms with E-state index in [1.54, 1.807) is 43.1 Å². The smallest absolute Gasteiger partial charge is 0.276 e. The van der Waals surface area contributed by atoms with Crippen molar-refractivity contribution >= 4 is 23.2 Å². The first kappa shape index (κ1) is 17.6. The van der Waals surface area contributed by atoms with Crippen LogP contribution in [0.5, 0.6) is 11.5 Å². The molecule has 8 heteroatoms. The van der Waals surface area contributed by atoms with Crippen molar-refractivity contribution < 1.29 is 19.1 Å². The molecule has 0 unspecified atom stereocenters. The molecule has 0 fully saturated rings. The summed E-state index contributed by atoms with van der Waals surface area (Å²) in [7, 11) is 3.40. The number of aromatic nitrogens is 2. The molecule has 1 aliphatic rings. The number of rotatable bonds is 4. The lowest BCUT2D eigenvalue weighted by Gasteiger charge is -2.18. The third-order valence-corrected chi connectivity index (χ3v) is 4.37. The minimum absolute atomic E-state index is 0.0458. The van der Waals surface area contributed by atoms with Gasteiger partial charge in [0.2, 0.25) is 0 Å². The summed E-state index contributed by atoms with van der Waals surface area (Å²) < 4.78 is 12.2. The van der Waals surface area contributed by atoms with E-state index < -0.39 is 0 Å². The third kappa shape index (κ3) is 3.39. The zero-order valence-corrected chi connectivity index (χ0v) is 15.4. The first-order valence-electron chi connectivity index (χ1n) is 8.60. The summed E-state index contributed by atoms with van der Waals surface area (Å²) in [6.45, 7) is -0.0458. The highest BCUT2D eigenvalue weighted by Gasteiger charge is 2.18. The van der Waals surface area contributed by atoms with E-state index in [4.69, 9.17) is 9.47 Å². The highest BCUT2D eigenvalue weighted by atomic mass is 16.5. The van der Waals surface area contributed by atoms with E-state index in [1.165, 1.54) is 0 Å². The van der Waals surface area contributed by atoms with E-state index in [-0.39, 0.29) is 18.4 Å². The monoisotopic (exact) mass is 378 g/mol. The highest BCUT2D eigenvalue weighted by molar-refractivity contribution is 6.04. The maximum atomic E-state index is 12.6. The minimum atomic E-state index is -0.338. The van der Waals surface area contributed by atoms with Crippen LogP contribution in [-0.4, -0.2) is 35.3 Å². The molecule has 0 saturated heterocycles. The normalized spacial score (nSPS) is 12.6. The Labute approximate surface area is 161 Å². The summed E-state index contributed by atoms with van der Waals surface area (Å²) in [5.74, 6) is 0.728. The predicted molar refractivity (Wildman–Crippen MR) is 104 cm³/mol. The number of methoxy groups -OCH3 is 1. The van der Waals surface area contributed by atoms with Crippen LogP contribution in [0.15, 0.2) is 48.5 Å². The summed E-state index contributed by atoms with van der Waals surface area (Å²) in [5, 5.41) is 9.82. The Morgan fingerprint density at radius 3 is 2.75 bits per heavy atom. The number of hydrogen-bond acceptors (Lipinski definition) is 5. The number of nitrogens with one attached hydrogen (secondary N) is 2. The molecule has 2 amide bonds. The zero-order valence-electron chi connectivity index (χ0n) is 15.4. The van der Waals surface area contributed by atoms with Gasteiger partial charge in [-0.05, 0) is 42.5 Å². The van der Waals surface area contributed by atoms with E-state index in [0.717, 1.165) is 17.0 Å². The van der Waals surface area contributed by atoms with Crippen LogP contribution in [0.3, 0.4) is 0 Å². The van der Waals surface area contributed by atoms with Crippen molar-refractivity contribution in [3.8, 4) is 22.8 Å². The van der Waals surface area contributed by atoms with Crippen molar-refractivity contribution in [2.24, 2.45) is 7.05 Å². The van der Waals surface area contributed by atoms with Crippen molar-refractivity contribution in [3.05, 3.63) is 54.2 Å². The molecule has 142 valence electrons. The Hall–Kier alpha value is -3.81. The van der Waals surface area contributed by atoms with Crippen molar-refractivity contribution in [2.75, 3.05) is 24.4 Å². The molecule has 2 aromatic carbocycles. The molecule has 1 aromatic heterocycles. The zero-order chi connectivity index (χ0) is 19.7. The van der Waals surface area contributed by atoms with Gasteiger partial charge in [0.05, 0.1) is 18.5 Å². The van der Waals surface area contributed by atoms with Crippen molar-refractivity contribution in [2.45, 2.75) is 0 Å². The van der Waals surface area contributed by atoms with E-state index in [2.05, 4.69) is 15.7 Å². The van der Waals surface area contributed by atoms with Gasteiger partial charge in [0.15, 0.2) is 12.3 Å². The summed E-state index contributed by atoms with van der Waals surface area (Å²) in [6, 6.07) is 14.3. The number of hydrogen-bond donors (Lipinski definition) is 2. The second kappa shape index (κ2) is 7.07. The molecule has 8 nitrogen and oxygen atoms in total. The number of carbonyl (C=O) groups excluding carboxylic acids is 2. The quantitative estimate of drug-likeness (QED) is 0.728. The minimum Gasteiger partial charge on any atom is -0.497 e. The van der Waals surface area contributed by atoms with Gasteiger partial charge in [0, 0.05) is 24.4 Å². The molecule has 0 bridgehead atoms. The number of ether oxygens (including phenoxy) is 2. The highest BCUT2D eigenvalue weighted by Crippen LogP contribution is 2.31. The number of carbonyl (C=O) groups is 2. The first-order valence-corrected chi connectivity index (χ1v) is 8.60. The lowest BCUT2D eigenvalue weighted by molar-refractivity contribution is -0.118. The molecule has 2 heterocycles. The summed E-state index contributed by atoms with van der Waals surface area (Å²) in [5.41, 5.74) is 3.16. The van der Waals surface area contributed by atoms with Gasteiger partial charge in [-0.3, -0.25) is 14.3 Å². The van der Waals surface area contributed by atoms with Gasteiger partial charge in [-0.25, -0.2) is 0 Å². The average Bonchev–Trinajstić information content (AvgIpc) is 3.10. The molecule has 3 aromatic rings. The standard InChI is InChI=1S/C20H18N4O4/c1-24-17(12-3-6-14(27-2)7-4-12)10-16(23-24)20(26)21-13-5-8-15-18(9-13)28-11-19(25)22-15/h3-10H,11H2,1-2H3,(H,21,26)(H,22,25). The van der Waals surface area contributed by atoms with Gasteiger partial charge in [-0.2, -0.15) is 5.10 Å². The van der Waals surface area contributed by atoms with E-state index >= 15 is 0 Å². The second-order valence-corrected chi connectivity index (χ2v) is 6.27. The van der Waals surface area contributed by atoms with Crippen molar-refractivity contribution in [3.63, 3.8) is 0 Å². The molecular weight excluding hydrogens is 360 g/mol. The van der Waals surface area contributed by atoms with Crippen molar-refractivity contribution in [1.29, 1.82) is 0 Å². The first-order chi connectivity index (χ1) is 13.5. The van der Waals surface area contributed by atoms with E-state index in [0.29, 0.717) is 22.8 Å². The van der Waals surface area contributed by atoms with Gasteiger partial charge < -0.3 is 20.1 Å². The maximum absolute atomic E-state index is 12.6. The van der Waals surface area contributed by atoms with Crippen LogP contribution in [0, 0.1) is 0 Å². The predicted octanol–water partition coefficient (Wildman–Crippen LogP) is 2.68. The summed E-state index contributed by atoms with van der Waals surface area (Å²) in [4.78, 5) is 24.0. The van der Waals surface area contributed by atoms with Crippen LogP contribution in [0.4, 0.5) is 11.4 Å². The van der Waals surface area contributed by atoms with E-state index in [1.807, 2.05) is 24.3 Å².